The Kier molecular flexibility index (Phi) is 6.85. The molecule has 0 fully saturated rings. The van der Waals surface area contributed by atoms with Crippen LogP contribution in [0.4, 0.5) is 0 Å². The lowest BCUT2D eigenvalue weighted by molar-refractivity contribution is 0.776. The van der Waals surface area contributed by atoms with E-state index in [1.54, 1.807) is 0 Å². The molecule has 0 unspecified atom stereocenters. The zero-order valence-corrected chi connectivity index (χ0v) is 28.2. The summed E-state index contributed by atoms with van der Waals surface area (Å²) in [5.74, 6) is 0. The highest BCUT2D eigenvalue weighted by molar-refractivity contribution is 6.15. The summed E-state index contributed by atoms with van der Waals surface area (Å²) in [5, 5.41) is 2.56. The van der Waals surface area contributed by atoms with Gasteiger partial charge in [-0.2, -0.15) is 0 Å². The van der Waals surface area contributed by atoms with Gasteiger partial charge in [-0.3, -0.25) is 0 Å². The summed E-state index contributed by atoms with van der Waals surface area (Å²) in [6, 6.07) is 62.9. The molecule has 10 rings (SSSR count). The first-order valence-corrected chi connectivity index (χ1v) is 17.8. The molecule has 0 atom stereocenters. The summed E-state index contributed by atoms with van der Waals surface area (Å²) in [6.07, 6.45) is 12.1. The second-order valence-electron chi connectivity index (χ2n) is 13.6. The van der Waals surface area contributed by atoms with Gasteiger partial charge in [0.2, 0.25) is 0 Å². The van der Waals surface area contributed by atoms with Crippen molar-refractivity contribution in [2.75, 3.05) is 0 Å². The number of nitrogens with zero attached hydrogens (tertiary/aromatic N) is 1. The maximum absolute atomic E-state index is 2.50. The van der Waals surface area contributed by atoms with Crippen LogP contribution in [0, 0.1) is 0 Å². The van der Waals surface area contributed by atoms with Crippen LogP contribution in [0.3, 0.4) is 0 Å². The SMILES string of the molecule is C1=CCC=CC(c2cc(-c3ccccc3)cc(-n3c4ccccc4c4c5c(ccc43)-c3ccccc3C5(c3ccccc3)c3ccccc3)c2)=C1. The summed E-state index contributed by atoms with van der Waals surface area (Å²) in [5.41, 5.74) is 15.7. The molecule has 51 heavy (non-hydrogen) atoms. The second kappa shape index (κ2) is 11.9. The molecule has 0 radical (unpaired) electrons. The largest absolute Gasteiger partial charge is 0.309 e. The molecule has 0 N–H and O–H groups in total. The van der Waals surface area contributed by atoms with Gasteiger partial charge >= 0.3 is 0 Å². The summed E-state index contributed by atoms with van der Waals surface area (Å²) in [6.45, 7) is 0. The van der Waals surface area contributed by atoms with Gasteiger partial charge in [0.05, 0.1) is 16.4 Å². The van der Waals surface area contributed by atoms with Gasteiger partial charge < -0.3 is 4.57 Å². The molecular weight excluding hydrogens is 615 g/mol. The predicted molar refractivity (Wildman–Crippen MR) is 214 cm³/mol. The first-order chi connectivity index (χ1) is 25.3. The van der Waals surface area contributed by atoms with Gasteiger partial charge in [-0.1, -0.05) is 170 Å². The molecule has 1 aromatic heterocycles. The summed E-state index contributed by atoms with van der Waals surface area (Å²) in [7, 11) is 0. The average molecular weight is 650 g/mol. The fraction of sp³-hybridized carbons (Fsp3) is 0.0400. The molecular formula is C50H35N. The molecule has 0 amide bonds. The fourth-order valence-electron chi connectivity index (χ4n) is 8.75. The normalized spacial score (nSPS) is 14.3. The van der Waals surface area contributed by atoms with Crippen molar-refractivity contribution in [2.45, 2.75) is 11.8 Å². The van der Waals surface area contributed by atoms with Crippen molar-refractivity contribution in [1.29, 1.82) is 0 Å². The number of rotatable bonds is 5. The van der Waals surface area contributed by atoms with E-state index in [4.69, 9.17) is 0 Å². The van der Waals surface area contributed by atoms with Gasteiger partial charge in [0.15, 0.2) is 0 Å². The van der Waals surface area contributed by atoms with Crippen molar-refractivity contribution in [2.24, 2.45) is 0 Å². The monoisotopic (exact) mass is 649 g/mol. The molecule has 0 saturated carbocycles. The Bertz CT molecular complexity index is 2650. The van der Waals surface area contributed by atoms with Gasteiger partial charge in [0.1, 0.15) is 0 Å². The minimum absolute atomic E-state index is 0.498. The Morgan fingerprint density at radius 1 is 0.490 bits per heavy atom. The van der Waals surface area contributed by atoms with E-state index in [1.165, 1.54) is 77.5 Å². The topological polar surface area (TPSA) is 4.93 Å². The molecule has 7 aromatic carbocycles. The van der Waals surface area contributed by atoms with E-state index >= 15 is 0 Å². The molecule has 0 spiro atoms. The highest BCUT2D eigenvalue weighted by Gasteiger charge is 2.47. The van der Waals surface area contributed by atoms with Crippen molar-refractivity contribution in [3.8, 4) is 27.9 Å². The Balaban J connectivity index is 1.35. The number of hydrogen-bond donors (Lipinski definition) is 0. The quantitative estimate of drug-likeness (QED) is 0.175. The third kappa shape index (κ3) is 4.48. The van der Waals surface area contributed by atoms with Gasteiger partial charge in [0, 0.05) is 16.5 Å². The Morgan fingerprint density at radius 3 is 1.94 bits per heavy atom. The Labute approximate surface area is 298 Å². The molecule has 240 valence electrons. The van der Waals surface area contributed by atoms with Gasteiger partial charge in [0.25, 0.3) is 0 Å². The zero-order valence-electron chi connectivity index (χ0n) is 28.2. The molecule has 0 bridgehead atoms. The smallest absolute Gasteiger partial charge is 0.0720 e. The third-order valence-corrected chi connectivity index (χ3v) is 10.8. The van der Waals surface area contributed by atoms with Gasteiger partial charge in [-0.15, -0.1) is 0 Å². The van der Waals surface area contributed by atoms with Gasteiger partial charge in [-0.25, -0.2) is 0 Å². The molecule has 8 aromatic rings. The van der Waals surface area contributed by atoms with Crippen molar-refractivity contribution in [3.63, 3.8) is 0 Å². The maximum Gasteiger partial charge on any atom is 0.0720 e. The molecule has 0 aliphatic heterocycles. The van der Waals surface area contributed by atoms with Crippen molar-refractivity contribution >= 4 is 27.4 Å². The molecule has 1 heterocycles. The van der Waals surface area contributed by atoms with Crippen LogP contribution in [-0.4, -0.2) is 4.57 Å². The lowest BCUT2D eigenvalue weighted by Crippen LogP contribution is -2.28. The standard InChI is InChI=1S/C50H35N/c1-2-7-19-35(18-6-1)37-32-38(36-20-8-3-9-21-36)34-41(33-37)51-46-29-17-15-27-44(46)48-47(51)31-30-43-42-26-14-16-28-45(42)50(49(43)48,39-22-10-4-11-23-39)40-24-12-5-13-25-40/h1,3-34H,2H2. The number of hydrogen-bond acceptors (Lipinski definition) is 0. The van der Waals surface area contributed by atoms with Crippen molar-refractivity contribution in [3.05, 3.63) is 228 Å². The highest BCUT2D eigenvalue weighted by atomic mass is 15.0. The molecule has 2 aliphatic carbocycles. The average Bonchev–Trinajstić information content (AvgIpc) is 3.53. The predicted octanol–water partition coefficient (Wildman–Crippen LogP) is 12.7. The summed E-state index contributed by atoms with van der Waals surface area (Å²) in [4.78, 5) is 0. The van der Waals surface area contributed by atoms with Crippen LogP contribution in [0.25, 0.3) is 55.3 Å². The van der Waals surface area contributed by atoms with E-state index in [0.717, 1.165) is 12.1 Å². The van der Waals surface area contributed by atoms with E-state index in [1.807, 2.05) is 0 Å². The zero-order chi connectivity index (χ0) is 33.8. The Morgan fingerprint density at radius 2 is 1.16 bits per heavy atom. The fourth-order valence-corrected chi connectivity index (χ4v) is 8.75. The minimum Gasteiger partial charge on any atom is -0.309 e. The van der Waals surface area contributed by atoms with Crippen LogP contribution in [0.5, 0.6) is 0 Å². The van der Waals surface area contributed by atoms with E-state index in [-0.39, 0.29) is 0 Å². The molecule has 0 saturated heterocycles. The minimum atomic E-state index is -0.498. The van der Waals surface area contributed by atoms with Crippen LogP contribution in [0.2, 0.25) is 0 Å². The maximum atomic E-state index is 2.50. The van der Waals surface area contributed by atoms with Crippen LogP contribution in [0.15, 0.2) is 200 Å². The molecule has 2 aliphatic rings. The van der Waals surface area contributed by atoms with Crippen molar-refractivity contribution in [1.82, 2.24) is 4.57 Å². The van der Waals surface area contributed by atoms with E-state index < -0.39 is 5.41 Å². The number of aromatic nitrogens is 1. The van der Waals surface area contributed by atoms with E-state index in [0.29, 0.717) is 0 Å². The third-order valence-electron chi connectivity index (χ3n) is 10.8. The summed E-state index contributed by atoms with van der Waals surface area (Å²) >= 11 is 0. The van der Waals surface area contributed by atoms with Crippen LogP contribution in [0.1, 0.15) is 34.2 Å². The number of fused-ring (bicyclic) bond motifs is 7. The van der Waals surface area contributed by atoms with E-state index in [9.17, 15) is 0 Å². The number of para-hydroxylation sites is 1. The van der Waals surface area contributed by atoms with Gasteiger partial charge in [-0.05, 0) is 92.4 Å². The molecule has 1 nitrogen and oxygen atoms in total. The van der Waals surface area contributed by atoms with Crippen LogP contribution >= 0.6 is 0 Å². The van der Waals surface area contributed by atoms with E-state index in [2.05, 4.69) is 205 Å². The molecule has 1 heteroatoms. The number of allylic oxidation sites excluding steroid dienone is 6. The van der Waals surface area contributed by atoms with Crippen LogP contribution < -0.4 is 0 Å². The van der Waals surface area contributed by atoms with Crippen LogP contribution in [-0.2, 0) is 5.41 Å². The first-order valence-electron chi connectivity index (χ1n) is 17.8. The van der Waals surface area contributed by atoms with Crippen molar-refractivity contribution < 1.29 is 0 Å². The second-order valence-corrected chi connectivity index (χ2v) is 13.6. The lowest BCUT2D eigenvalue weighted by atomic mass is 9.67. The highest BCUT2D eigenvalue weighted by Crippen LogP contribution is 2.59. The first kappa shape index (κ1) is 29.5. The number of benzene rings is 7. The summed E-state index contributed by atoms with van der Waals surface area (Å²) < 4.78 is 2.50. The lowest BCUT2D eigenvalue weighted by Gasteiger charge is -2.34. The Hall–Kier alpha value is -6.44.